The fourth-order valence-electron chi connectivity index (χ4n) is 4.76. The van der Waals surface area contributed by atoms with Gasteiger partial charge in [-0.05, 0) is 74.2 Å². The highest BCUT2D eigenvalue weighted by Gasteiger charge is 2.40. The second-order valence-electron chi connectivity index (χ2n) is 8.92. The lowest BCUT2D eigenvalue weighted by Crippen LogP contribution is -2.48. The Morgan fingerprint density at radius 3 is 2.31 bits per heavy atom. The van der Waals surface area contributed by atoms with Crippen LogP contribution < -0.4 is 14.5 Å². The standard InChI is InChI=1S/C24H29N3O4S/c1-17-15-19-16-22(9-10-23(19)27(17)24(28)18-3-4-18)32(29,30)26-13-11-25(12-14-26)20-5-7-21(31-2)8-6-20/h5-10,16-18H,3-4,11-15H2,1-2H3/t17-/m0/s1. The lowest BCUT2D eigenvalue weighted by molar-refractivity contribution is -0.120. The van der Waals surface area contributed by atoms with Crippen LogP contribution in [0, 0.1) is 5.92 Å². The van der Waals surface area contributed by atoms with Crippen LogP contribution in [-0.4, -0.2) is 58.0 Å². The lowest BCUT2D eigenvalue weighted by atomic mass is 10.1. The van der Waals surface area contributed by atoms with E-state index in [1.54, 1.807) is 23.5 Å². The summed E-state index contributed by atoms with van der Waals surface area (Å²) in [6.45, 7) is 4.18. The van der Waals surface area contributed by atoms with E-state index < -0.39 is 10.0 Å². The number of nitrogens with zero attached hydrogens (tertiary/aromatic N) is 3. The highest BCUT2D eigenvalue weighted by Crippen LogP contribution is 2.40. The molecule has 2 heterocycles. The summed E-state index contributed by atoms with van der Waals surface area (Å²) in [6.07, 6.45) is 2.63. The molecule has 0 radical (unpaired) electrons. The minimum atomic E-state index is -3.58. The van der Waals surface area contributed by atoms with Crippen molar-refractivity contribution in [1.82, 2.24) is 4.31 Å². The van der Waals surface area contributed by atoms with Gasteiger partial charge in [-0.1, -0.05) is 0 Å². The van der Waals surface area contributed by atoms with Crippen molar-refractivity contribution in [2.45, 2.75) is 37.1 Å². The topological polar surface area (TPSA) is 70.2 Å². The third-order valence-corrected chi connectivity index (χ3v) is 8.64. The van der Waals surface area contributed by atoms with E-state index in [2.05, 4.69) is 4.90 Å². The summed E-state index contributed by atoms with van der Waals surface area (Å²) in [7, 11) is -1.94. The van der Waals surface area contributed by atoms with Crippen molar-refractivity contribution < 1.29 is 17.9 Å². The Kier molecular flexibility index (Phi) is 5.37. The Morgan fingerprint density at radius 2 is 1.69 bits per heavy atom. The average Bonchev–Trinajstić information content (AvgIpc) is 3.61. The number of ether oxygens (including phenoxy) is 1. The average molecular weight is 456 g/mol. The Hall–Kier alpha value is -2.58. The third kappa shape index (κ3) is 3.75. The first kappa shape index (κ1) is 21.3. The number of amides is 1. The number of sulfonamides is 1. The molecule has 1 saturated carbocycles. The highest BCUT2D eigenvalue weighted by molar-refractivity contribution is 7.89. The van der Waals surface area contributed by atoms with Crippen molar-refractivity contribution in [2.75, 3.05) is 43.1 Å². The molecule has 0 N–H and O–H groups in total. The summed E-state index contributed by atoms with van der Waals surface area (Å²) in [4.78, 5) is 17.1. The minimum absolute atomic E-state index is 0.0732. The first-order valence-electron chi connectivity index (χ1n) is 11.2. The SMILES string of the molecule is COc1ccc(N2CCN(S(=O)(=O)c3ccc4c(c3)C[C@H](C)N4C(=O)C3CC3)CC2)cc1. The molecule has 7 nitrogen and oxygen atoms in total. The Balaban J connectivity index is 1.30. The van der Waals surface area contributed by atoms with Crippen LogP contribution >= 0.6 is 0 Å². The van der Waals surface area contributed by atoms with Crippen molar-refractivity contribution >= 4 is 27.3 Å². The van der Waals surface area contributed by atoms with Crippen molar-refractivity contribution in [2.24, 2.45) is 5.92 Å². The van der Waals surface area contributed by atoms with Gasteiger partial charge in [0.15, 0.2) is 0 Å². The predicted octanol–water partition coefficient (Wildman–Crippen LogP) is 2.89. The van der Waals surface area contributed by atoms with Crippen molar-refractivity contribution in [3.8, 4) is 5.75 Å². The molecule has 170 valence electrons. The van der Waals surface area contributed by atoms with E-state index in [0.717, 1.165) is 35.5 Å². The molecule has 1 aliphatic carbocycles. The monoisotopic (exact) mass is 455 g/mol. The van der Waals surface area contributed by atoms with Crippen LogP contribution in [0.4, 0.5) is 11.4 Å². The number of hydrogen-bond donors (Lipinski definition) is 0. The molecule has 2 aliphatic heterocycles. The fraction of sp³-hybridized carbons (Fsp3) is 0.458. The van der Waals surface area contributed by atoms with Gasteiger partial charge in [0.05, 0.1) is 12.0 Å². The van der Waals surface area contributed by atoms with Crippen LogP contribution in [-0.2, 0) is 21.2 Å². The number of benzene rings is 2. The van der Waals surface area contributed by atoms with Crippen LogP contribution in [0.5, 0.6) is 5.75 Å². The smallest absolute Gasteiger partial charge is 0.243 e. The van der Waals surface area contributed by atoms with E-state index in [1.807, 2.05) is 42.2 Å². The van der Waals surface area contributed by atoms with Crippen molar-refractivity contribution in [3.63, 3.8) is 0 Å². The van der Waals surface area contributed by atoms with Crippen LogP contribution in [0.2, 0.25) is 0 Å². The lowest BCUT2D eigenvalue weighted by Gasteiger charge is -2.35. The minimum Gasteiger partial charge on any atom is -0.497 e. The number of methoxy groups -OCH3 is 1. The van der Waals surface area contributed by atoms with E-state index >= 15 is 0 Å². The molecule has 2 fully saturated rings. The second kappa shape index (κ2) is 8.08. The van der Waals surface area contributed by atoms with Gasteiger partial charge in [-0.15, -0.1) is 0 Å². The summed E-state index contributed by atoms with van der Waals surface area (Å²) < 4.78 is 33.5. The molecule has 0 unspecified atom stereocenters. The molecule has 2 aromatic rings. The first-order valence-corrected chi connectivity index (χ1v) is 12.7. The van der Waals surface area contributed by atoms with E-state index in [-0.39, 0.29) is 17.9 Å². The molecule has 8 heteroatoms. The number of anilines is 2. The van der Waals surface area contributed by atoms with E-state index in [1.165, 1.54) is 0 Å². The summed E-state index contributed by atoms with van der Waals surface area (Å²) >= 11 is 0. The van der Waals surface area contributed by atoms with Gasteiger partial charge in [0, 0.05) is 49.5 Å². The highest BCUT2D eigenvalue weighted by atomic mass is 32.2. The zero-order valence-corrected chi connectivity index (χ0v) is 19.3. The van der Waals surface area contributed by atoms with Crippen LogP contribution in [0.1, 0.15) is 25.3 Å². The Morgan fingerprint density at radius 1 is 1.00 bits per heavy atom. The normalized spacial score (nSPS) is 21.5. The summed E-state index contributed by atoms with van der Waals surface area (Å²) in [6, 6.07) is 13.2. The number of hydrogen-bond acceptors (Lipinski definition) is 5. The Bertz CT molecular complexity index is 1120. The number of fused-ring (bicyclic) bond motifs is 1. The van der Waals surface area contributed by atoms with Gasteiger partial charge >= 0.3 is 0 Å². The molecular weight excluding hydrogens is 426 g/mol. The van der Waals surface area contributed by atoms with Crippen LogP contribution in [0.3, 0.4) is 0 Å². The molecule has 32 heavy (non-hydrogen) atoms. The molecule has 3 aliphatic rings. The maximum absolute atomic E-state index is 13.3. The largest absolute Gasteiger partial charge is 0.497 e. The zero-order chi connectivity index (χ0) is 22.5. The maximum Gasteiger partial charge on any atom is 0.243 e. The van der Waals surface area contributed by atoms with Crippen molar-refractivity contribution in [3.05, 3.63) is 48.0 Å². The van der Waals surface area contributed by atoms with Crippen LogP contribution in [0.15, 0.2) is 47.4 Å². The molecule has 1 saturated heterocycles. The second-order valence-corrected chi connectivity index (χ2v) is 10.9. The van der Waals surface area contributed by atoms with Crippen LogP contribution in [0.25, 0.3) is 0 Å². The third-order valence-electron chi connectivity index (χ3n) is 6.74. The molecular formula is C24H29N3O4S. The molecule has 5 rings (SSSR count). The maximum atomic E-state index is 13.3. The van der Waals surface area contributed by atoms with Gasteiger partial charge in [-0.3, -0.25) is 4.79 Å². The van der Waals surface area contributed by atoms with E-state index in [9.17, 15) is 13.2 Å². The summed E-state index contributed by atoms with van der Waals surface area (Å²) in [5, 5.41) is 0. The first-order chi connectivity index (χ1) is 15.4. The summed E-state index contributed by atoms with van der Waals surface area (Å²) in [5.74, 6) is 1.13. The number of carbonyl (C=O) groups is 1. The fourth-order valence-corrected chi connectivity index (χ4v) is 6.23. The molecule has 1 amide bonds. The van der Waals surface area contributed by atoms with E-state index in [0.29, 0.717) is 37.5 Å². The van der Waals surface area contributed by atoms with Gasteiger partial charge < -0.3 is 14.5 Å². The van der Waals surface area contributed by atoms with Crippen molar-refractivity contribution in [1.29, 1.82) is 0 Å². The van der Waals surface area contributed by atoms with E-state index in [4.69, 9.17) is 4.74 Å². The zero-order valence-electron chi connectivity index (χ0n) is 18.5. The van der Waals surface area contributed by atoms with Gasteiger partial charge in [0.25, 0.3) is 0 Å². The molecule has 0 bridgehead atoms. The summed E-state index contributed by atoms with van der Waals surface area (Å²) in [5.41, 5.74) is 2.89. The van der Waals surface area contributed by atoms with Gasteiger partial charge in [-0.2, -0.15) is 4.31 Å². The number of rotatable bonds is 5. The quantitative estimate of drug-likeness (QED) is 0.693. The molecule has 0 spiro atoms. The van der Waals surface area contributed by atoms with Gasteiger partial charge in [0.1, 0.15) is 5.75 Å². The molecule has 2 aromatic carbocycles. The van der Waals surface area contributed by atoms with Gasteiger partial charge in [-0.25, -0.2) is 8.42 Å². The number of piperazine rings is 1. The number of carbonyl (C=O) groups excluding carboxylic acids is 1. The molecule has 1 atom stereocenters. The molecule has 0 aromatic heterocycles. The Labute approximate surface area is 189 Å². The predicted molar refractivity (Wildman–Crippen MR) is 124 cm³/mol. The van der Waals surface area contributed by atoms with Gasteiger partial charge in [0.2, 0.25) is 15.9 Å².